The van der Waals surface area contributed by atoms with Crippen LogP contribution < -0.4 is 5.32 Å². The minimum Gasteiger partial charge on any atom is -0.387 e. The lowest BCUT2D eigenvalue weighted by atomic mass is 9.98. The molecule has 0 amide bonds. The Bertz CT molecular complexity index is 362. The largest absolute Gasteiger partial charge is 0.387 e. The maximum absolute atomic E-state index is 10.5. The van der Waals surface area contributed by atoms with Crippen molar-refractivity contribution in [1.82, 2.24) is 10.2 Å². The van der Waals surface area contributed by atoms with Crippen molar-refractivity contribution in [3.05, 3.63) is 35.4 Å². The zero-order valence-corrected chi connectivity index (χ0v) is 13.4. The van der Waals surface area contributed by atoms with Crippen LogP contribution in [0.3, 0.4) is 0 Å². The fourth-order valence-corrected chi connectivity index (χ4v) is 2.34. The average Bonchev–Trinajstić information content (AvgIpc) is 2.46. The molecule has 0 aliphatic rings. The molecule has 0 aliphatic carbocycles. The molecule has 0 saturated heterocycles. The summed E-state index contributed by atoms with van der Waals surface area (Å²) in [5.74, 6) is 0. The number of benzene rings is 1. The van der Waals surface area contributed by atoms with E-state index in [9.17, 15) is 5.11 Å². The highest BCUT2D eigenvalue weighted by Crippen LogP contribution is 2.19. The Balaban J connectivity index is 2.50. The highest BCUT2D eigenvalue weighted by Gasteiger charge is 2.18. The fourth-order valence-electron chi connectivity index (χ4n) is 2.34. The summed E-state index contributed by atoms with van der Waals surface area (Å²) in [6.07, 6.45) is 2.64. The molecule has 3 nitrogen and oxygen atoms in total. The van der Waals surface area contributed by atoms with Crippen LogP contribution >= 0.6 is 0 Å². The van der Waals surface area contributed by atoms with Crippen molar-refractivity contribution in [2.45, 2.75) is 45.3 Å². The maximum Gasteiger partial charge on any atom is 0.0942 e. The van der Waals surface area contributed by atoms with Gasteiger partial charge in [0.2, 0.25) is 0 Å². The summed E-state index contributed by atoms with van der Waals surface area (Å²) in [7, 11) is 4.17. The van der Waals surface area contributed by atoms with Gasteiger partial charge >= 0.3 is 0 Å². The van der Waals surface area contributed by atoms with Gasteiger partial charge in [-0.05, 0) is 57.6 Å². The summed E-state index contributed by atoms with van der Waals surface area (Å²) in [6.45, 7) is 6.28. The molecule has 0 heterocycles. The lowest BCUT2D eigenvalue weighted by molar-refractivity contribution is 0.125. The molecule has 3 heteroatoms. The van der Waals surface area contributed by atoms with E-state index in [-0.39, 0.29) is 6.04 Å². The smallest absolute Gasteiger partial charge is 0.0942 e. The molecule has 0 aromatic heterocycles. The van der Waals surface area contributed by atoms with Crippen LogP contribution in [0.15, 0.2) is 24.3 Å². The van der Waals surface area contributed by atoms with Crippen LogP contribution in [0.2, 0.25) is 0 Å². The van der Waals surface area contributed by atoms with Crippen molar-refractivity contribution in [3.63, 3.8) is 0 Å². The third-order valence-electron chi connectivity index (χ3n) is 3.74. The predicted octanol–water partition coefficient (Wildman–Crippen LogP) is 2.60. The first-order chi connectivity index (χ1) is 9.58. The molecule has 2 N–H and O–H groups in total. The molecule has 1 aromatic rings. The van der Waals surface area contributed by atoms with E-state index in [4.69, 9.17) is 0 Å². The van der Waals surface area contributed by atoms with Gasteiger partial charge in [-0.2, -0.15) is 0 Å². The van der Waals surface area contributed by atoms with E-state index in [1.54, 1.807) is 0 Å². The van der Waals surface area contributed by atoms with Crippen molar-refractivity contribution in [1.29, 1.82) is 0 Å². The SMILES string of the molecule is CCc1ccc(C(O)C(CC)NCCCN(C)C)cc1. The molecule has 0 spiro atoms. The Morgan fingerprint density at radius 3 is 2.30 bits per heavy atom. The third kappa shape index (κ3) is 5.61. The number of hydrogen-bond acceptors (Lipinski definition) is 3. The Hall–Kier alpha value is -0.900. The minimum absolute atomic E-state index is 0.129. The molecule has 0 aliphatic heterocycles. The molecule has 1 aromatic carbocycles. The van der Waals surface area contributed by atoms with Gasteiger partial charge in [0.05, 0.1) is 6.10 Å². The first-order valence-electron chi connectivity index (χ1n) is 7.73. The van der Waals surface area contributed by atoms with Gasteiger partial charge in [-0.15, -0.1) is 0 Å². The van der Waals surface area contributed by atoms with Crippen LogP contribution in [0.5, 0.6) is 0 Å². The van der Waals surface area contributed by atoms with E-state index < -0.39 is 6.10 Å². The van der Waals surface area contributed by atoms with Crippen molar-refractivity contribution in [3.8, 4) is 0 Å². The van der Waals surface area contributed by atoms with Crippen molar-refractivity contribution in [2.75, 3.05) is 27.2 Å². The second kappa shape index (κ2) is 9.11. The molecule has 2 atom stereocenters. The molecular weight excluding hydrogens is 248 g/mol. The molecular formula is C17H30N2O. The Morgan fingerprint density at radius 2 is 1.80 bits per heavy atom. The first kappa shape index (κ1) is 17.2. The second-order valence-electron chi connectivity index (χ2n) is 5.67. The monoisotopic (exact) mass is 278 g/mol. The summed E-state index contributed by atoms with van der Waals surface area (Å²) in [5.41, 5.74) is 2.32. The van der Waals surface area contributed by atoms with Crippen LogP contribution in [-0.2, 0) is 6.42 Å². The van der Waals surface area contributed by atoms with Crippen LogP contribution in [0.25, 0.3) is 0 Å². The molecule has 0 fully saturated rings. The van der Waals surface area contributed by atoms with Gasteiger partial charge in [0, 0.05) is 6.04 Å². The third-order valence-corrected chi connectivity index (χ3v) is 3.74. The van der Waals surface area contributed by atoms with E-state index in [1.807, 2.05) is 12.1 Å². The molecule has 20 heavy (non-hydrogen) atoms. The van der Waals surface area contributed by atoms with Crippen LogP contribution in [0.4, 0.5) is 0 Å². The second-order valence-corrected chi connectivity index (χ2v) is 5.67. The number of nitrogens with zero attached hydrogens (tertiary/aromatic N) is 1. The fraction of sp³-hybridized carbons (Fsp3) is 0.647. The van der Waals surface area contributed by atoms with E-state index >= 15 is 0 Å². The minimum atomic E-state index is -0.426. The molecule has 0 bridgehead atoms. The van der Waals surface area contributed by atoms with Gasteiger partial charge in [-0.25, -0.2) is 0 Å². The molecule has 0 radical (unpaired) electrons. The number of rotatable bonds is 9. The molecule has 114 valence electrons. The predicted molar refractivity (Wildman–Crippen MR) is 86.0 cm³/mol. The van der Waals surface area contributed by atoms with E-state index in [1.165, 1.54) is 5.56 Å². The number of aryl methyl sites for hydroxylation is 1. The van der Waals surface area contributed by atoms with Crippen molar-refractivity contribution < 1.29 is 5.11 Å². The lowest BCUT2D eigenvalue weighted by Crippen LogP contribution is -2.36. The summed E-state index contributed by atoms with van der Waals surface area (Å²) < 4.78 is 0. The standard InChI is InChI=1S/C17H30N2O/c1-5-14-8-10-15(11-9-14)17(20)16(6-2)18-12-7-13-19(3)4/h8-11,16-18,20H,5-7,12-13H2,1-4H3. The zero-order valence-electron chi connectivity index (χ0n) is 13.4. The summed E-state index contributed by atoms with van der Waals surface area (Å²) in [5, 5.41) is 14.0. The molecule has 2 unspecified atom stereocenters. The topological polar surface area (TPSA) is 35.5 Å². The van der Waals surface area contributed by atoms with Gasteiger partial charge in [0.1, 0.15) is 0 Å². The van der Waals surface area contributed by atoms with E-state index in [0.29, 0.717) is 0 Å². The highest BCUT2D eigenvalue weighted by atomic mass is 16.3. The molecule has 1 rings (SSSR count). The Labute approximate surface area is 124 Å². The quantitative estimate of drug-likeness (QED) is 0.682. The van der Waals surface area contributed by atoms with Gasteiger partial charge in [0.25, 0.3) is 0 Å². The lowest BCUT2D eigenvalue weighted by Gasteiger charge is -2.24. The van der Waals surface area contributed by atoms with E-state index in [0.717, 1.165) is 37.9 Å². The highest BCUT2D eigenvalue weighted by molar-refractivity contribution is 5.25. The number of aliphatic hydroxyl groups is 1. The maximum atomic E-state index is 10.5. The van der Waals surface area contributed by atoms with E-state index in [2.05, 4.69) is 50.3 Å². The Morgan fingerprint density at radius 1 is 1.15 bits per heavy atom. The van der Waals surface area contributed by atoms with Gasteiger partial charge in [-0.1, -0.05) is 38.1 Å². The summed E-state index contributed by atoms with van der Waals surface area (Å²) in [6, 6.07) is 8.44. The van der Waals surface area contributed by atoms with Gasteiger partial charge in [0.15, 0.2) is 0 Å². The summed E-state index contributed by atoms with van der Waals surface area (Å²) >= 11 is 0. The van der Waals surface area contributed by atoms with Crippen LogP contribution in [0, 0.1) is 0 Å². The number of hydrogen-bond donors (Lipinski definition) is 2. The number of nitrogens with one attached hydrogen (secondary N) is 1. The Kier molecular flexibility index (Phi) is 7.82. The average molecular weight is 278 g/mol. The van der Waals surface area contributed by atoms with Crippen molar-refractivity contribution in [2.24, 2.45) is 0 Å². The normalized spacial score (nSPS) is 14.5. The number of aliphatic hydroxyl groups excluding tert-OH is 1. The van der Waals surface area contributed by atoms with Gasteiger partial charge in [-0.3, -0.25) is 0 Å². The van der Waals surface area contributed by atoms with Crippen LogP contribution in [-0.4, -0.2) is 43.2 Å². The van der Waals surface area contributed by atoms with Crippen LogP contribution in [0.1, 0.15) is 43.9 Å². The van der Waals surface area contributed by atoms with Crippen molar-refractivity contribution >= 4 is 0 Å². The molecule has 0 saturated carbocycles. The first-order valence-corrected chi connectivity index (χ1v) is 7.73. The van der Waals surface area contributed by atoms with Gasteiger partial charge < -0.3 is 15.3 Å². The zero-order chi connectivity index (χ0) is 15.0. The summed E-state index contributed by atoms with van der Waals surface area (Å²) in [4.78, 5) is 2.18.